The van der Waals surface area contributed by atoms with Crippen molar-refractivity contribution in [3.63, 3.8) is 0 Å². The van der Waals surface area contributed by atoms with Gasteiger partial charge in [-0.05, 0) is 25.5 Å². The van der Waals surface area contributed by atoms with E-state index in [1.54, 1.807) is 12.4 Å². The van der Waals surface area contributed by atoms with Gasteiger partial charge in [0.25, 0.3) is 0 Å². The highest BCUT2D eigenvalue weighted by Crippen LogP contribution is 2.13. The maximum absolute atomic E-state index is 11.8. The van der Waals surface area contributed by atoms with Gasteiger partial charge in [-0.25, -0.2) is 9.97 Å². The number of aryl methyl sites for hydroxylation is 1. The van der Waals surface area contributed by atoms with Crippen LogP contribution in [0.3, 0.4) is 0 Å². The van der Waals surface area contributed by atoms with Crippen LogP contribution in [0.2, 0.25) is 0 Å². The van der Waals surface area contributed by atoms with E-state index in [2.05, 4.69) is 15.3 Å². The topological polar surface area (TPSA) is 59.8 Å². The van der Waals surface area contributed by atoms with E-state index in [0.29, 0.717) is 5.69 Å². The monoisotopic (exact) mass is 258 g/mol. The number of rotatable bonds is 4. The summed E-state index contributed by atoms with van der Waals surface area (Å²) in [6, 6.07) is 3.71. The number of anilines is 1. The van der Waals surface area contributed by atoms with Crippen LogP contribution in [-0.4, -0.2) is 20.4 Å². The first-order chi connectivity index (χ1) is 9.11. The van der Waals surface area contributed by atoms with Crippen molar-refractivity contribution in [2.45, 2.75) is 27.2 Å². The van der Waals surface area contributed by atoms with E-state index in [4.69, 9.17) is 0 Å². The highest BCUT2D eigenvalue weighted by molar-refractivity contribution is 5.92. The summed E-state index contributed by atoms with van der Waals surface area (Å²) in [5, 5.41) is 2.85. The van der Waals surface area contributed by atoms with Gasteiger partial charge in [-0.2, -0.15) is 0 Å². The Hall–Kier alpha value is -2.17. The first-order valence-electron chi connectivity index (χ1n) is 6.39. The van der Waals surface area contributed by atoms with E-state index in [-0.39, 0.29) is 11.8 Å². The summed E-state index contributed by atoms with van der Waals surface area (Å²) < 4.78 is 1.89. The van der Waals surface area contributed by atoms with Gasteiger partial charge in [0.05, 0.1) is 11.9 Å². The molecule has 1 unspecified atom stereocenters. The number of nitrogens with zero attached hydrogens (tertiary/aromatic N) is 3. The quantitative estimate of drug-likeness (QED) is 0.916. The van der Waals surface area contributed by atoms with Crippen LogP contribution >= 0.6 is 0 Å². The molecule has 2 heterocycles. The zero-order valence-electron chi connectivity index (χ0n) is 11.4. The number of imidazole rings is 1. The third kappa shape index (κ3) is 2.99. The third-order valence-corrected chi connectivity index (χ3v) is 3.15. The fourth-order valence-electron chi connectivity index (χ4n) is 1.67. The number of nitrogens with one attached hydrogen (secondary N) is 1. The van der Waals surface area contributed by atoms with Gasteiger partial charge in [0, 0.05) is 18.3 Å². The lowest BCUT2D eigenvalue weighted by Crippen LogP contribution is -2.19. The molecule has 2 aromatic heterocycles. The van der Waals surface area contributed by atoms with Crippen LogP contribution < -0.4 is 5.32 Å². The molecule has 2 rings (SSSR count). The molecule has 5 heteroatoms. The van der Waals surface area contributed by atoms with E-state index < -0.39 is 0 Å². The van der Waals surface area contributed by atoms with Gasteiger partial charge in [0.1, 0.15) is 11.6 Å². The lowest BCUT2D eigenvalue weighted by Gasteiger charge is -2.10. The Balaban J connectivity index is 2.11. The third-order valence-electron chi connectivity index (χ3n) is 3.15. The number of amides is 1. The van der Waals surface area contributed by atoms with Crippen molar-refractivity contribution >= 4 is 11.6 Å². The van der Waals surface area contributed by atoms with E-state index in [1.807, 2.05) is 43.7 Å². The summed E-state index contributed by atoms with van der Waals surface area (Å²) >= 11 is 0. The smallest absolute Gasteiger partial charge is 0.227 e. The highest BCUT2D eigenvalue weighted by Gasteiger charge is 2.10. The lowest BCUT2D eigenvalue weighted by molar-refractivity contribution is -0.119. The van der Waals surface area contributed by atoms with Crippen LogP contribution in [0.4, 0.5) is 5.69 Å². The molecule has 0 aliphatic rings. The molecular formula is C14H18N4O. The van der Waals surface area contributed by atoms with Crippen LogP contribution in [-0.2, 0) is 4.79 Å². The van der Waals surface area contributed by atoms with Gasteiger partial charge in [0.15, 0.2) is 0 Å². The Kier molecular flexibility index (Phi) is 3.94. The molecule has 5 nitrogen and oxygen atoms in total. The molecule has 0 aliphatic heterocycles. The number of aromatic nitrogens is 3. The Morgan fingerprint density at radius 1 is 1.42 bits per heavy atom. The van der Waals surface area contributed by atoms with Crippen molar-refractivity contribution in [2.75, 3.05) is 5.32 Å². The molecule has 1 atom stereocenters. The first-order valence-corrected chi connectivity index (χ1v) is 6.39. The van der Waals surface area contributed by atoms with Gasteiger partial charge in [-0.3, -0.25) is 9.36 Å². The van der Waals surface area contributed by atoms with Crippen LogP contribution in [0.25, 0.3) is 5.82 Å². The van der Waals surface area contributed by atoms with Crippen molar-refractivity contribution in [1.29, 1.82) is 0 Å². The Morgan fingerprint density at radius 3 is 2.74 bits per heavy atom. The summed E-state index contributed by atoms with van der Waals surface area (Å²) in [4.78, 5) is 20.2. The largest absolute Gasteiger partial charge is 0.324 e. The molecule has 0 aromatic carbocycles. The van der Waals surface area contributed by atoms with E-state index in [1.165, 1.54) is 0 Å². The van der Waals surface area contributed by atoms with E-state index >= 15 is 0 Å². The van der Waals surface area contributed by atoms with Gasteiger partial charge >= 0.3 is 0 Å². The minimum Gasteiger partial charge on any atom is -0.324 e. The molecule has 100 valence electrons. The fourth-order valence-corrected chi connectivity index (χ4v) is 1.67. The molecule has 1 amide bonds. The number of pyridine rings is 1. The summed E-state index contributed by atoms with van der Waals surface area (Å²) in [5.41, 5.74) is 0.715. The molecule has 0 aliphatic carbocycles. The Bertz CT molecular complexity index is 559. The molecule has 2 aromatic rings. The SMILES string of the molecule is CCC(C)C(=O)Nc1ccc(-n2ccnc2C)nc1. The molecule has 19 heavy (non-hydrogen) atoms. The molecular weight excluding hydrogens is 240 g/mol. The number of carbonyl (C=O) groups excluding carboxylic acids is 1. The summed E-state index contributed by atoms with van der Waals surface area (Å²) in [5.74, 6) is 1.70. The molecule has 0 saturated carbocycles. The van der Waals surface area contributed by atoms with Crippen molar-refractivity contribution in [3.05, 3.63) is 36.5 Å². The summed E-state index contributed by atoms with van der Waals surface area (Å²) in [6.45, 7) is 5.82. The second kappa shape index (κ2) is 5.65. The molecule has 0 fully saturated rings. The minimum absolute atomic E-state index is 0.00979. The Morgan fingerprint density at radius 2 is 2.21 bits per heavy atom. The number of hydrogen-bond donors (Lipinski definition) is 1. The van der Waals surface area contributed by atoms with Crippen LogP contribution in [0, 0.1) is 12.8 Å². The van der Waals surface area contributed by atoms with Crippen molar-refractivity contribution in [1.82, 2.24) is 14.5 Å². The van der Waals surface area contributed by atoms with Crippen molar-refractivity contribution < 1.29 is 4.79 Å². The predicted molar refractivity (Wildman–Crippen MR) is 74.2 cm³/mol. The zero-order valence-corrected chi connectivity index (χ0v) is 11.4. The van der Waals surface area contributed by atoms with Gasteiger partial charge in [0.2, 0.25) is 5.91 Å². The molecule has 0 saturated heterocycles. The van der Waals surface area contributed by atoms with Gasteiger partial charge < -0.3 is 5.32 Å². The maximum Gasteiger partial charge on any atom is 0.227 e. The normalized spacial score (nSPS) is 12.2. The first kappa shape index (κ1) is 13.3. The highest BCUT2D eigenvalue weighted by atomic mass is 16.1. The second-order valence-electron chi connectivity index (χ2n) is 4.55. The van der Waals surface area contributed by atoms with Crippen molar-refractivity contribution in [3.8, 4) is 5.82 Å². The standard InChI is InChI=1S/C14H18N4O/c1-4-10(2)14(19)17-12-5-6-13(16-9-12)18-8-7-15-11(18)3/h5-10H,4H2,1-3H3,(H,17,19). The van der Waals surface area contributed by atoms with Gasteiger partial charge in [-0.15, -0.1) is 0 Å². The zero-order chi connectivity index (χ0) is 13.8. The minimum atomic E-state index is 0.00979. The molecule has 0 spiro atoms. The molecule has 1 N–H and O–H groups in total. The Labute approximate surface area is 112 Å². The lowest BCUT2D eigenvalue weighted by atomic mass is 10.1. The summed E-state index contributed by atoms with van der Waals surface area (Å²) in [6.07, 6.45) is 6.07. The number of hydrogen-bond acceptors (Lipinski definition) is 3. The van der Waals surface area contributed by atoms with E-state index in [9.17, 15) is 4.79 Å². The van der Waals surface area contributed by atoms with Crippen LogP contribution in [0.1, 0.15) is 26.1 Å². The fraction of sp³-hybridized carbons (Fsp3) is 0.357. The summed E-state index contributed by atoms with van der Waals surface area (Å²) in [7, 11) is 0. The average Bonchev–Trinajstić information content (AvgIpc) is 2.85. The van der Waals surface area contributed by atoms with Crippen molar-refractivity contribution in [2.24, 2.45) is 5.92 Å². The second-order valence-corrected chi connectivity index (χ2v) is 4.55. The van der Waals surface area contributed by atoms with Crippen LogP contribution in [0.15, 0.2) is 30.7 Å². The number of carbonyl (C=O) groups is 1. The van der Waals surface area contributed by atoms with Crippen LogP contribution in [0.5, 0.6) is 0 Å². The average molecular weight is 258 g/mol. The molecule has 0 bridgehead atoms. The maximum atomic E-state index is 11.8. The molecule has 0 radical (unpaired) electrons. The predicted octanol–water partition coefficient (Wildman–Crippen LogP) is 2.56. The van der Waals surface area contributed by atoms with E-state index in [0.717, 1.165) is 18.1 Å². The van der Waals surface area contributed by atoms with Gasteiger partial charge in [-0.1, -0.05) is 13.8 Å².